The summed E-state index contributed by atoms with van der Waals surface area (Å²) in [6.45, 7) is 4.45. The summed E-state index contributed by atoms with van der Waals surface area (Å²) in [7, 11) is 0. The van der Waals surface area contributed by atoms with Gasteiger partial charge in [-0.05, 0) is 42.7 Å². The Morgan fingerprint density at radius 1 is 1.10 bits per heavy atom. The van der Waals surface area contributed by atoms with Crippen LogP contribution in [-0.2, 0) is 22.6 Å². The lowest BCUT2D eigenvalue weighted by Crippen LogP contribution is -2.49. The van der Waals surface area contributed by atoms with Crippen LogP contribution in [0.1, 0.15) is 44.2 Å². The molecule has 1 atom stereocenters. The van der Waals surface area contributed by atoms with Gasteiger partial charge in [-0.1, -0.05) is 50.1 Å². The summed E-state index contributed by atoms with van der Waals surface area (Å²) in [5.74, 6) is -1.65. The van der Waals surface area contributed by atoms with Crippen LogP contribution < -0.4 is 5.32 Å². The van der Waals surface area contributed by atoms with Crippen molar-refractivity contribution in [1.82, 2.24) is 10.2 Å². The maximum Gasteiger partial charge on any atom is 0.242 e. The average Bonchev–Trinajstić information content (AvgIpc) is 2.72. The minimum Gasteiger partial charge on any atom is -0.354 e. The van der Waals surface area contributed by atoms with E-state index in [0.717, 1.165) is 12.8 Å². The van der Waals surface area contributed by atoms with Crippen LogP contribution in [0.25, 0.3) is 0 Å². The summed E-state index contributed by atoms with van der Waals surface area (Å²) in [5.41, 5.74) is 0.763. The predicted octanol–water partition coefficient (Wildman–Crippen LogP) is 4.88. The number of hydrogen-bond donors (Lipinski definition) is 1. The lowest BCUT2D eigenvalue weighted by Gasteiger charge is -2.31. The molecule has 0 bridgehead atoms. The molecule has 0 heterocycles. The van der Waals surface area contributed by atoms with Crippen LogP contribution in [0.15, 0.2) is 42.5 Å². The first-order valence-electron chi connectivity index (χ1n) is 10.1. The molecule has 4 nitrogen and oxygen atoms in total. The van der Waals surface area contributed by atoms with E-state index < -0.39 is 17.8 Å². The number of unbranched alkanes of at least 4 members (excludes halogenated alkanes) is 1. The lowest BCUT2D eigenvalue weighted by molar-refractivity contribution is -0.141. The number of carbonyl (C=O) groups excluding carboxylic acids is 2. The Balaban J connectivity index is 2.29. The molecule has 2 aromatic carbocycles. The summed E-state index contributed by atoms with van der Waals surface area (Å²) in [5, 5.41) is 3.02. The van der Waals surface area contributed by atoms with E-state index in [1.54, 1.807) is 12.1 Å². The molecular formula is C23H27ClF2N2O2. The van der Waals surface area contributed by atoms with Crippen molar-refractivity contribution < 1.29 is 18.4 Å². The third-order valence-electron chi connectivity index (χ3n) is 4.87. The third-order valence-corrected chi connectivity index (χ3v) is 5.23. The zero-order valence-corrected chi connectivity index (χ0v) is 18.0. The number of amides is 2. The van der Waals surface area contributed by atoms with Crippen LogP contribution in [0.3, 0.4) is 0 Å². The number of nitrogens with zero attached hydrogens (tertiary/aromatic N) is 1. The Bertz CT molecular complexity index is 839. The fraction of sp³-hybridized carbons (Fsp3) is 0.391. The summed E-state index contributed by atoms with van der Waals surface area (Å²) in [6, 6.07) is 9.23. The number of nitrogens with one attached hydrogen (secondary N) is 1. The summed E-state index contributed by atoms with van der Waals surface area (Å²) >= 11 is 6.08. The molecule has 162 valence electrons. The molecule has 2 aromatic rings. The number of benzene rings is 2. The topological polar surface area (TPSA) is 49.4 Å². The van der Waals surface area contributed by atoms with E-state index in [1.165, 1.54) is 35.2 Å². The lowest BCUT2D eigenvalue weighted by atomic mass is 10.1. The minimum absolute atomic E-state index is 0.0921. The Morgan fingerprint density at radius 3 is 2.40 bits per heavy atom. The van der Waals surface area contributed by atoms with Crippen molar-refractivity contribution in [1.29, 1.82) is 0 Å². The van der Waals surface area contributed by atoms with Crippen LogP contribution in [0.4, 0.5) is 8.78 Å². The first-order chi connectivity index (χ1) is 14.4. The van der Waals surface area contributed by atoms with Gasteiger partial charge in [-0.2, -0.15) is 0 Å². The maximum absolute atomic E-state index is 14.2. The fourth-order valence-corrected chi connectivity index (χ4v) is 3.40. The van der Waals surface area contributed by atoms with Gasteiger partial charge in [0.25, 0.3) is 0 Å². The zero-order valence-electron chi connectivity index (χ0n) is 17.3. The first-order valence-corrected chi connectivity index (χ1v) is 10.5. The Hall–Kier alpha value is -2.47. The molecule has 7 heteroatoms. The smallest absolute Gasteiger partial charge is 0.242 e. The van der Waals surface area contributed by atoms with E-state index in [2.05, 4.69) is 5.32 Å². The molecule has 1 N–H and O–H groups in total. The molecular weight excluding hydrogens is 410 g/mol. The molecule has 0 saturated carbocycles. The highest BCUT2D eigenvalue weighted by Gasteiger charge is 2.29. The number of halogens is 3. The summed E-state index contributed by atoms with van der Waals surface area (Å²) in [4.78, 5) is 27.3. The van der Waals surface area contributed by atoms with Gasteiger partial charge in [0.2, 0.25) is 11.8 Å². The molecule has 0 radical (unpaired) electrons. The second kappa shape index (κ2) is 11.6. The van der Waals surface area contributed by atoms with Crippen LogP contribution >= 0.6 is 11.6 Å². The molecule has 0 fully saturated rings. The van der Waals surface area contributed by atoms with Gasteiger partial charge >= 0.3 is 0 Å². The van der Waals surface area contributed by atoms with Crippen molar-refractivity contribution >= 4 is 23.4 Å². The van der Waals surface area contributed by atoms with E-state index in [1.807, 2.05) is 13.8 Å². The quantitative estimate of drug-likeness (QED) is 0.539. The SMILES string of the molecule is CCCCNC(=O)[C@@H](CC)N(Cc1ccc(F)cc1)C(=O)Cc1c(F)cccc1Cl. The largest absolute Gasteiger partial charge is 0.354 e. The van der Waals surface area contributed by atoms with Crippen LogP contribution in [0.2, 0.25) is 5.02 Å². The second-order valence-electron chi connectivity index (χ2n) is 7.09. The summed E-state index contributed by atoms with van der Waals surface area (Å²) < 4.78 is 27.5. The fourth-order valence-electron chi connectivity index (χ4n) is 3.17. The van der Waals surface area contributed by atoms with Crippen LogP contribution in [-0.4, -0.2) is 29.3 Å². The van der Waals surface area contributed by atoms with Gasteiger partial charge in [-0.15, -0.1) is 0 Å². The van der Waals surface area contributed by atoms with Gasteiger partial charge in [0, 0.05) is 23.7 Å². The van der Waals surface area contributed by atoms with Gasteiger partial charge in [0.15, 0.2) is 0 Å². The van der Waals surface area contributed by atoms with Crippen molar-refractivity contribution in [3.63, 3.8) is 0 Å². The molecule has 2 rings (SSSR count). The van der Waals surface area contributed by atoms with Crippen molar-refractivity contribution in [3.05, 3.63) is 70.2 Å². The van der Waals surface area contributed by atoms with E-state index >= 15 is 0 Å². The van der Waals surface area contributed by atoms with Gasteiger partial charge in [0.05, 0.1) is 6.42 Å². The number of hydrogen-bond acceptors (Lipinski definition) is 2. The Morgan fingerprint density at radius 2 is 1.80 bits per heavy atom. The first kappa shape index (κ1) is 23.8. The van der Waals surface area contributed by atoms with Crippen LogP contribution in [0.5, 0.6) is 0 Å². The number of carbonyl (C=O) groups is 2. The average molecular weight is 437 g/mol. The molecule has 30 heavy (non-hydrogen) atoms. The van der Waals surface area contributed by atoms with Gasteiger partial charge in [-0.3, -0.25) is 9.59 Å². The van der Waals surface area contributed by atoms with E-state index in [4.69, 9.17) is 11.6 Å². The van der Waals surface area contributed by atoms with Crippen molar-refractivity contribution in [2.75, 3.05) is 6.54 Å². The summed E-state index contributed by atoms with van der Waals surface area (Å²) in [6.07, 6.45) is 1.88. The molecule has 0 unspecified atom stereocenters. The maximum atomic E-state index is 14.2. The molecule has 0 aromatic heterocycles. The minimum atomic E-state index is -0.732. The molecule has 2 amide bonds. The third kappa shape index (κ3) is 6.52. The van der Waals surface area contributed by atoms with E-state index in [9.17, 15) is 18.4 Å². The normalized spacial score (nSPS) is 11.8. The molecule has 0 spiro atoms. The predicted molar refractivity (Wildman–Crippen MR) is 114 cm³/mol. The molecule has 0 aliphatic rings. The zero-order chi connectivity index (χ0) is 22.1. The van der Waals surface area contributed by atoms with Crippen molar-refractivity contribution in [3.8, 4) is 0 Å². The number of rotatable bonds is 10. The molecule has 0 saturated heterocycles. The monoisotopic (exact) mass is 436 g/mol. The van der Waals surface area contributed by atoms with Crippen LogP contribution in [0, 0.1) is 11.6 Å². The molecule has 0 aliphatic carbocycles. The van der Waals surface area contributed by atoms with Gasteiger partial charge in [0.1, 0.15) is 17.7 Å². The second-order valence-corrected chi connectivity index (χ2v) is 7.50. The Labute approximate surface area is 181 Å². The standard InChI is InChI=1S/C23H27ClF2N2O2/c1-3-5-13-27-23(30)21(4-2)28(15-16-9-11-17(25)12-10-16)22(29)14-18-19(24)7-6-8-20(18)26/h6-12,21H,3-5,13-15H2,1-2H3,(H,27,30)/t21-/m1/s1. The van der Waals surface area contributed by atoms with Gasteiger partial charge in [-0.25, -0.2) is 8.78 Å². The Kier molecular flexibility index (Phi) is 9.24. The highest BCUT2D eigenvalue weighted by atomic mass is 35.5. The van der Waals surface area contributed by atoms with Crippen molar-refractivity contribution in [2.45, 2.75) is 52.1 Å². The highest BCUT2D eigenvalue weighted by molar-refractivity contribution is 6.31. The van der Waals surface area contributed by atoms with E-state index in [0.29, 0.717) is 18.5 Å². The van der Waals surface area contributed by atoms with E-state index in [-0.39, 0.29) is 35.3 Å². The van der Waals surface area contributed by atoms with Gasteiger partial charge < -0.3 is 10.2 Å². The molecule has 0 aliphatic heterocycles. The highest BCUT2D eigenvalue weighted by Crippen LogP contribution is 2.22. The van der Waals surface area contributed by atoms with Crippen molar-refractivity contribution in [2.24, 2.45) is 0 Å².